The van der Waals surface area contributed by atoms with Gasteiger partial charge >= 0.3 is 0 Å². The highest BCUT2D eigenvalue weighted by Gasteiger charge is 2.19. The number of thioether (sulfide) groups is 2. The quantitative estimate of drug-likeness (QED) is 0.803. The second-order valence-corrected chi connectivity index (χ2v) is 6.55. The van der Waals surface area contributed by atoms with Crippen LogP contribution in [0.2, 0.25) is 0 Å². The molecule has 0 aliphatic carbocycles. The topological polar surface area (TPSA) is 56.5 Å². The van der Waals surface area contributed by atoms with Gasteiger partial charge in [-0.3, -0.25) is 14.7 Å². The van der Waals surface area contributed by atoms with Crippen LogP contribution in [0.15, 0.2) is 35.3 Å². The largest absolute Gasteiger partial charge is 0.298 e. The molecule has 1 atom stereocenters. The molecule has 1 heterocycles. The van der Waals surface area contributed by atoms with E-state index in [2.05, 4.69) is 11.9 Å². The van der Waals surface area contributed by atoms with E-state index in [9.17, 15) is 4.79 Å². The minimum atomic E-state index is -0.0643. The first-order valence-corrected chi connectivity index (χ1v) is 8.23. The summed E-state index contributed by atoms with van der Waals surface area (Å²) < 4.78 is 0.968. The Kier molecular flexibility index (Phi) is 5.50. The standard InChI is InChI=1S/C14H15N3OS2/c1-11-9-19-14(16-11)20-10-13(18)17(8-7-15)12-5-3-2-4-6-12/h2-6,11H,8-10H2,1H3. The molecule has 0 radical (unpaired) electrons. The molecule has 0 fully saturated rings. The van der Waals surface area contributed by atoms with Crippen molar-refractivity contribution in [3.63, 3.8) is 0 Å². The molecular weight excluding hydrogens is 290 g/mol. The summed E-state index contributed by atoms with van der Waals surface area (Å²) in [6.07, 6.45) is 0. The third kappa shape index (κ3) is 4.02. The van der Waals surface area contributed by atoms with E-state index in [0.717, 1.165) is 15.8 Å². The molecule has 0 saturated carbocycles. The molecule has 4 nitrogen and oxygen atoms in total. The summed E-state index contributed by atoms with van der Waals surface area (Å²) in [5.74, 6) is 1.23. The normalized spacial score (nSPS) is 17.4. The van der Waals surface area contributed by atoms with Gasteiger partial charge in [-0.05, 0) is 19.1 Å². The van der Waals surface area contributed by atoms with Crippen molar-refractivity contribution in [2.45, 2.75) is 13.0 Å². The van der Waals surface area contributed by atoms with Crippen molar-refractivity contribution in [1.29, 1.82) is 5.26 Å². The summed E-state index contributed by atoms with van der Waals surface area (Å²) in [5.41, 5.74) is 0.758. The maximum absolute atomic E-state index is 12.3. The first kappa shape index (κ1) is 14.9. The lowest BCUT2D eigenvalue weighted by molar-refractivity contribution is -0.116. The first-order chi connectivity index (χ1) is 9.70. The zero-order chi connectivity index (χ0) is 14.4. The summed E-state index contributed by atoms with van der Waals surface area (Å²) in [4.78, 5) is 18.2. The van der Waals surface area contributed by atoms with Crippen LogP contribution in [-0.2, 0) is 4.79 Å². The molecule has 6 heteroatoms. The molecule has 2 rings (SSSR count). The smallest absolute Gasteiger partial charge is 0.238 e. The van der Waals surface area contributed by atoms with E-state index in [4.69, 9.17) is 5.26 Å². The van der Waals surface area contributed by atoms with Crippen LogP contribution in [0.3, 0.4) is 0 Å². The highest BCUT2D eigenvalue weighted by molar-refractivity contribution is 8.39. The molecule has 1 aromatic rings. The zero-order valence-electron chi connectivity index (χ0n) is 11.2. The number of rotatable bonds is 4. The zero-order valence-corrected chi connectivity index (χ0v) is 12.8. The number of carbonyl (C=O) groups excluding carboxylic acids is 1. The third-order valence-corrected chi connectivity index (χ3v) is 5.14. The van der Waals surface area contributed by atoms with Gasteiger partial charge in [0.2, 0.25) is 5.91 Å². The maximum Gasteiger partial charge on any atom is 0.238 e. The van der Waals surface area contributed by atoms with Crippen LogP contribution in [0.4, 0.5) is 5.69 Å². The van der Waals surface area contributed by atoms with E-state index < -0.39 is 0 Å². The summed E-state index contributed by atoms with van der Waals surface area (Å²) in [6, 6.07) is 11.7. The summed E-state index contributed by atoms with van der Waals surface area (Å²) >= 11 is 3.15. The molecule has 1 amide bonds. The molecule has 0 N–H and O–H groups in total. The van der Waals surface area contributed by atoms with Gasteiger partial charge in [0.25, 0.3) is 0 Å². The molecule has 0 spiro atoms. The van der Waals surface area contributed by atoms with Gasteiger partial charge in [-0.2, -0.15) is 5.26 Å². The minimum absolute atomic E-state index is 0.0643. The monoisotopic (exact) mass is 305 g/mol. The fourth-order valence-electron chi connectivity index (χ4n) is 1.73. The van der Waals surface area contributed by atoms with Crippen LogP contribution >= 0.6 is 23.5 Å². The number of para-hydroxylation sites is 1. The number of benzene rings is 1. The molecule has 104 valence electrons. The second-order valence-electron chi connectivity index (χ2n) is 4.32. The molecular formula is C14H15N3OS2. The molecule has 20 heavy (non-hydrogen) atoms. The van der Waals surface area contributed by atoms with Crippen LogP contribution in [0.5, 0.6) is 0 Å². The molecule has 0 aromatic heterocycles. The fourth-order valence-corrected chi connectivity index (χ4v) is 3.81. The Balaban J connectivity index is 1.98. The predicted octanol–water partition coefficient (Wildman–Crippen LogP) is 2.77. The van der Waals surface area contributed by atoms with Crippen LogP contribution in [0, 0.1) is 11.3 Å². The van der Waals surface area contributed by atoms with Crippen LogP contribution in [0.1, 0.15) is 6.92 Å². The summed E-state index contributed by atoms with van der Waals surface area (Å²) in [6.45, 7) is 2.13. The SMILES string of the molecule is CC1CSC(SCC(=O)N(CC#N)c2ccccc2)=N1. The van der Waals surface area contributed by atoms with E-state index in [1.807, 2.05) is 36.4 Å². The number of amides is 1. The van der Waals surface area contributed by atoms with Gasteiger partial charge in [0, 0.05) is 11.4 Å². The van der Waals surface area contributed by atoms with Crippen molar-refractivity contribution in [3.8, 4) is 6.07 Å². The lowest BCUT2D eigenvalue weighted by Gasteiger charge is -2.19. The maximum atomic E-state index is 12.3. The number of carbonyl (C=O) groups is 1. The van der Waals surface area contributed by atoms with Gasteiger partial charge in [-0.1, -0.05) is 41.7 Å². The lowest BCUT2D eigenvalue weighted by atomic mass is 10.3. The van der Waals surface area contributed by atoms with Crippen LogP contribution in [-0.4, -0.2) is 34.4 Å². The van der Waals surface area contributed by atoms with Gasteiger partial charge in [0.15, 0.2) is 0 Å². The average molecular weight is 305 g/mol. The van der Waals surface area contributed by atoms with E-state index in [1.54, 1.807) is 11.8 Å². The van der Waals surface area contributed by atoms with Crippen molar-refractivity contribution in [1.82, 2.24) is 0 Å². The Bertz CT molecular complexity index is 539. The lowest BCUT2D eigenvalue weighted by Crippen LogP contribution is -2.32. The number of hydrogen-bond donors (Lipinski definition) is 0. The third-order valence-electron chi connectivity index (χ3n) is 2.69. The fraction of sp³-hybridized carbons (Fsp3) is 0.357. The first-order valence-electron chi connectivity index (χ1n) is 6.26. The van der Waals surface area contributed by atoms with E-state index in [0.29, 0.717) is 11.8 Å². The van der Waals surface area contributed by atoms with Crippen molar-refractivity contribution >= 4 is 39.5 Å². The van der Waals surface area contributed by atoms with E-state index in [-0.39, 0.29) is 12.5 Å². The molecule has 0 saturated heterocycles. The van der Waals surface area contributed by atoms with Crippen molar-refractivity contribution in [3.05, 3.63) is 30.3 Å². The molecule has 1 aliphatic rings. The number of nitriles is 1. The Morgan fingerprint density at radius 3 is 2.90 bits per heavy atom. The molecule has 0 bridgehead atoms. The van der Waals surface area contributed by atoms with Crippen molar-refractivity contribution < 1.29 is 4.79 Å². The Hall–Kier alpha value is -1.45. The van der Waals surface area contributed by atoms with E-state index in [1.165, 1.54) is 16.7 Å². The molecule has 1 aromatic carbocycles. The highest BCUT2D eigenvalue weighted by Crippen LogP contribution is 2.26. The van der Waals surface area contributed by atoms with Crippen LogP contribution < -0.4 is 4.90 Å². The van der Waals surface area contributed by atoms with Crippen molar-refractivity contribution in [2.75, 3.05) is 23.0 Å². The van der Waals surface area contributed by atoms with Gasteiger partial charge in [-0.15, -0.1) is 0 Å². The number of anilines is 1. The van der Waals surface area contributed by atoms with Gasteiger partial charge < -0.3 is 0 Å². The average Bonchev–Trinajstić information content (AvgIpc) is 2.89. The number of hydrogen-bond acceptors (Lipinski definition) is 5. The Morgan fingerprint density at radius 2 is 2.30 bits per heavy atom. The van der Waals surface area contributed by atoms with Crippen molar-refractivity contribution in [2.24, 2.45) is 4.99 Å². The Morgan fingerprint density at radius 1 is 1.55 bits per heavy atom. The van der Waals surface area contributed by atoms with Gasteiger partial charge in [0.1, 0.15) is 10.9 Å². The summed E-state index contributed by atoms with van der Waals surface area (Å²) in [7, 11) is 0. The summed E-state index contributed by atoms with van der Waals surface area (Å²) in [5, 5.41) is 8.88. The van der Waals surface area contributed by atoms with Crippen LogP contribution in [0.25, 0.3) is 0 Å². The van der Waals surface area contributed by atoms with Gasteiger partial charge in [0.05, 0.1) is 17.9 Å². The van der Waals surface area contributed by atoms with E-state index >= 15 is 0 Å². The molecule has 1 unspecified atom stereocenters. The highest BCUT2D eigenvalue weighted by atomic mass is 32.2. The Labute approximate surface area is 127 Å². The van der Waals surface area contributed by atoms with Gasteiger partial charge in [-0.25, -0.2) is 0 Å². The minimum Gasteiger partial charge on any atom is -0.298 e. The number of aliphatic imine (C=N–C) groups is 1. The molecule has 1 aliphatic heterocycles. The predicted molar refractivity (Wildman–Crippen MR) is 86.2 cm³/mol. The second kappa shape index (κ2) is 7.36. The number of nitrogens with zero attached hydrogens (tertiary/aromatic N) is 3.